The monoisotopic (exact) mass is 682 g/mol. The largest absolute Gasteiger partial charge is 0.457 e. The van der Waals surface area contributed by atoms with Gasteiger partial charge in [0.15, 0.2) is 0 Å². The van der Waals surface area contributed by atoms with E-state index in [4.69, 9.17) is 18.9 Å². The molecule has 0 radical (unpaired) electrons. The molecule has 1 amide bonds. The Bertz CT molecular complexity index is 1080. The number of methoxy groups -OCH3 is 1. The van der Waals surface area contributed by atoms with Crippen LogP contribution in [0.1, 0.15) is 80.6 Å². The second kappa shape index (κ2) is 21.3. The number of ether oxygens (including phenoxy) is 4. The molecular formula is C36H62N2O10. The first kappa shape index (κ1) is 43.3. The number of likely N-dealkylation sites (N-methyl/N-ethyl adjacent to an activating group) is 1. The zero-order valence-corrected chi connectivity index (χ0v) is 30.7. The van der Waals surface area contributed by atoms with Crippen LogP contribution in [0.15, 0.2) is 36.0 Å². The first-order chi connectivity index (χ1) is 22.4. The van der Waals surface area contributed by atoms with Gasteiger partial charge in [-0.25, -0.2) is 4.79 Å². The number of rotatable bonds is 15. The Morgan fingerprint density at radius 3 is 2.48 bits per heavy atom. The molecule has 0 aliphatic carbocycles. The fourth-order valence-electron chi connectivity index (χ4n) is 5.77. The minimum atomic E-state index is -1.46. The van der Waals surface area contributed by atoms with E-state index in [1.54, 1.807) is 38.3 Å². The Morgan fingerprint density at radius 2 is 1.90 bits per heavy atom. The standard InChI is InChI=1S/C36H62N2O10/c1-11-30(45-10)26(5)21-29(41)34(48-35(43)37-19-20-38(8)9)24(3)14-12-13-23(2)33-25(4)15-16-31(46-27(6)39)36(7,44)18-17-28(40)22-32(42)47-33/h12-16,24-26,28-31,33-34,40-41,44H,11,17-22H2,1-10H3,(H,37,43)/b14-12+,16-15+,23-13+. The smallest absolute Gasteiger partial charge is 0.407 e. The average Bonchev–Trinajstić information content (AvgIpc) is 2.99. The van der Waals surface area contributed by atoms with Crippen LogP contribution in [-0.2, 0) is 28.5 Å². The molecular weight excluding hydrogens is 620 g/mol. The third-order valence-electron chi connectivity index (χ3n) is 8.76. The first-order valence-corrected chi connectivity index (χ1v) is 17.0. The second-order valence-corrected chi connectivity index (χ2v) is 13.7. The quantitative estimate of drug-likeness (QED) is 0.0857. The molecule has 0 aromatic heterocycles. The fourth-order valence-corrected chi connectivity index (χ4v) is 5.77. The number of esters is 2. The van der Waals surface area contributed by atoms with Crippen molar-refractivity contribution in [3.63, 3.8) is 0 Å². The van der Waals surface area contributed by atoms with Crippen LogP contribution in [-0.4, -0.2) is 115 Å². The van der Waals surface area contributed by atoms with Gasteiger partial charge >= 0.3 is 18.0 Å². The summed E-state index contributed by atoms with van der Waals surface area (Å²) in [7, 11) is 5.44. The number of aliphatic hydroxyl groups excluding tert-OH is 2. The molecule has 276 valence electrons. The third kappa shape index (κ3) is 15.6. The minimum absolute atomic E-state index is 0.0178. The molecule has 0 spiro atoms. The van der Waals surface area contributed by atoms with Crippen LogP contribution in [0, 0.1) is 17.8 Å². The summed E-state index contributed by atoms with van der Waals surface area (Å²) in [5, 5.41) is 35.5. The number of nitrogens with one attached hydrogen (secondary N) is 1. The van der Waals surface area contributed by atoms with Crippen LogP contribution in [0.3, 0.4) is 0 Å². The van der Waals surface area contributed by atoms with Gasteiger partial charge in [0.25, 0.3) is 0 Å². The van der Waals surface area contributed by atoms with E-state index in [1.165, 1.54) is 13.8 Å². The van der Waals surface area contributed by atoms with Gasteiger partial charge in [-0.1, -0.05) is 52.0 Å². The summed E-state index contributed by atoms with van der Waals surface area (Å²) in [5.74, 6) is -1.90. The summed E-state index contributed by atoms with van der Waals surface area (Å²) in [6.07, 6.45) is 4.57. The molecule has 10 atom stereocenters. The lowest BCUT2D eigenvalue weighted by molar-refractivity contribution is -0.157. The van der Waals surface area contributed by atoms with Crippen molar-refractivity contribution in [2.75, 3.05) is 34.3 Å². The Kier molecular flexibility index (Phi) is 19.2. The minimum Gasteiger partial charge on any atom is -0.457 e. The van der Waals surface area contributed by atoms with E-state index in [1.807, 2.05) is 52.8 Å². The Morgan fingerprint density at radius 1 is 1.23 bits per heavy atom. The first-order valence-electron chi connectivity index (χ1n) is 17.0. The Labute approximate surface area is 287 Å². The summed E-state index contributed by atoms with van der Waals surface area (Å²) in [6, 6.07) is 0. The van der Waals surface area contributed by atoms with E-state index < -0.39 is 60.1 Å². The maximum atomic E-state index is 12.8. The van der Waals surface area contributed by atoms with Crippen LogP contribution < -0.4 is 5.32 Å². The Balaban J connectivity index is 3.30. The van der Waals surface area contributed by atoms with Crippen molar-refractivity contribution in [1.29, 1.82) is 0 Å². The highest BCUT2D eigenvalue weighted by Crippen LogP contribution is 2.27. The van der Waals surface area contributed by atoms with Gasteiger partial charge in [0.2, 0.25) is 0 Å². The van der Waals surface area contributed by atoms with Gasteiger partial charge in [0.05, 0.1) is 24.7 Å². The number of cyclic esters (lactones) is 1. The average molecular weight is 683 g/mol. The van der Waals surface area contributed by atoms with Crippen LogP contribution in [0.5, 0.6) is 0 Å². The highest BCUT2D eigenvalue weighted by Gasteiger charge is 2.35. The summed E-state index contributed by atoms with van der Waals surface area (Å²) < 4.78 is 22.5. The highest BCUT2D eigenvalue weighted by molar-refractivity contribution is 5.70. The van der Waals surface area contributed by atoms with Crippen LogP contribution in [0.25, 0.3) is 0 Å². The molecule has 12 nitrogen and oxygen atoms in total. The molecule has 1 aliphatic rings. The zero-order valence-electron chi connectivity index (χ0n) is 30.7. The van der Waals surface area contributed by atoms with Gasteiger partial charge in [-0.05, 0) is 71.2 Å². The molecule has 48 heavy (non-hydrogen) atoms. The molecule has 0 aromatic rings. The van der Waals surface area contributed by atoms with E-state index in [-0.39, 0.29) is 37.2 Å². The van der Waals surface area contributed by atoms with Crippen LogP contribution in [0.4, 0.5) is 4.79 Å². The van der Waals surface area contributed by atoms with Crippen molar-refractivity contribution in [1.82, 2.24) is 10.2 Å². The molecule has 1 heterocycles. The molecule has 10 unspecified atom stereocenters. The van der Waals surface area contributed by atoms with Crippen molar-refractivity contribution in [2.45, 2.75) is 123 Å². The van der Waals surface area contributed by atoms with Gasteiger partial charge in [0.1, 0.15) is 23.9 Å². The SMILES string of the molecule is CCC(OC)C(C)CC(O)C(OC(=O)NCCN(C)C)C(C)/C=C/C=C(\C)C1OC(=O)CC(O)CCC(C)(O)C(OC(C)=O)/C=C/C1C. The van der Waals surface area contributed by atoms with E-state index >= 15 is 0 Å². The Hall–Kier alpha value is -2.77. The lowest BCUT2D eigenvalue weighted by Gasteiger charge is -2.32. The second-order valence-electron chi connectivity index (χ2n) is 13.7. The topological polar surface area (TPSA) is 164 Å². The zero-order chi connectivity index (χ0) is 36.6. The molecule has 1 rings (SSSR count). The van der Waals surface area contributed by atoms with Gasteiger partial charge in [-0.3, -0.25) is 9.59 Å². The molecule has 4 N–H and O–H groups in total. The van der Waals surface area contributed by atoms with Gasteiger partial charge in [0, 0.05) is 39.0 Å². The van der Waals surface area contributed by atoms with E-state index in [0.717, 1.165) is 6.42 Å². The number of carbonyl (C=O) groups is 3. The van der Waals surface area contributed by atoms with Gasteiger partial charge in [-0.15, -0.1) is 0 Å². The number of hydrogen-bond donors (Lipinski definition) is 4. The van der Waals surface area contributed by atoms with E-state index in [2.05, 4.69) is 5.32 Å². The van der Waals surface area contributed by atoms with Crippen molar-refractivity contribution in [3.8, 4) is 0 Å². The fraction of sp³-hybridized carbons (Fsp3) is 0.750. The molecule has 0 saturated heterocycles. The number of alkyl carbamates (subject to hydrolysis) is 1. The summed E-state index contributed by atoms with van der Waals surface area (Å²) in [4.78, 5) is 39.2. The normalized spacial score (nSPS) is 28.3. The maximum absolute atomic E-state index is 12.8. The van der Waals surface area contributed by atoms with Crippen LogP contribution >= 0.6 is 0 Å². The van der Waals surface area contributed by atoms with E-state index in [0.29, 0.717) is 25.1 Å². The molecule has 0 aromatic carbocycles. The molecule has 1 aliphatic heterocycles. The number of hydrogen-bond acceptors (Lipinski definition) is 11. The number of amides is 1. The number of aliphatic hydroxyl groups is 3. The summed E-state index contributed by atoms with van der Waals surface area (Å²) in [5.41, 5.74) is -0.776. The van der Waals surface area contributed by atoms with Crippen LogP contribution in [0.2, 0.25) is 0 Å². The lowest BCUT2D eigenvalue weighted by Crippen LogP contribution is -2.42. The molecule has 0 fully saturated rings. The van der Waals surface area contributed by atoms with Crippen molar-refractivity contribution >= 4 is 18.0 Å². The molecule has 0 bridgehead atoms. The van der Waals surface area contributed by atoms with Gasteiger partial charge in [-0.2, -0.15) is 0 Å². The lowest BCUT2D eigenvalue weighted by atomic mass is 9.88. The number of carbonyl (C=O) groups excluding carboxylic acids is 3. The van der Waals surface area contributed by atoms with Crippen molar-refractivity contribution in [3.05, 3.63) is 36.0 Å². The molecule has 0 saturated carbocycles. The van der Waals surface area contributed by atoms with Crippen molar-refractivity contribution < 1.29 is 48.7 Å². The predicted octanol–water partition coefficient (Wildman–Crippen LogP) is 3.93. The summed E-state index contributed by atoms with van der Waals surface area (Å²) >= 11 is 0. The van der Waals surface area contributed by atoms with Crippen molar-refractivity contribution in [2.24, 2.45) is 17.8 Å². The highest BCUT2D eigenvalue weighted by atomic mass is 16.6. The van der Waals surface area contributed by atoms with E-state index in [9.17, 15) is 29.7 Å². The third-order valence-corrected chi connectivity index (χ3v) is 8.76. The number of nitrogens with zero attached hydrogens (tertiary/aromatic N) is 1. The van der Waals surface area contributed by atoms with Gasteiger partial charge < -0.3 is 44.5 Å². The predicted molar refractivity (Wildman–Crippen MR) is 184 cm³/mol. The summed E-state index contributed by atoms with van der Waals surface area (Å²) in [6.45, 7) is 13.3. The molecule has 12 heteroatoms. The maximum Gasteiger partial charge on any atom is 0.407 e. The number of allylic oxidation sites excluding steroid dienone is 2.